The Kier molecular flexibility index (Phi) is 2.51. The average molecular weight is 238 g/mol. The molecule has 0 radical (unpaired) electrons. The maximum Gasteiger partial charge on any atom is 0.194 e. The minimum atomic E-state index is -0.00166. The average Bonchev–Trinajstić information content (AvgIpc) is 2.44. The fourth-order valence-electron chi connectivity index (χ4n) is 2.62. The minimum Gasteiger partial charge on any atom is -0.289 e. The van der Waals surface area contributed by atoms with Gasteiger partial charge in [0.05, 0.1) is 0 Å². The third kappa shape index (κ3) is 1.49. The van der Waals surface area contributed by atoms with Gasteiger partial charge >= 0.3 is 0 Å². The van der Waals surface area contributed by atoms with Crippen molar-refractivity contribution in [2.75, 3.05) is 0 Å². The minimum absolute atomic E-state index is 0.00166. The molecule has 0 N–H and O–H groups in total. The van der Waals surface area contributed by atoms with E-state index >= 15 is 0 Å². The van der Waals surface area contributed by atoms with Crippen LogP contribution in [0.5, 0.6) is 0 Å². The molecule has 1 aromatic carbocycles. The van der Waals surface area contributed by atoms with Crippen molar-refractivity contribution in [3.05, 3.63) is 58.2 Å². The van der Waals surface area contributed by atoms with E-state index < -0.39 is 0 Å². The number of carbonyl (C=O) groups is 2. The summed E-state index contributed by atoms with van der Waals surface area (Å²) in [5, 5.41) is 0. The van der Waals surface area contributed by atoms with Crippen LogP contribution in [0.2, 0.25) is 0 Å². The van der Waals surface area contributed by atoms with Gasteiger partial charge in [-0.2, -0.15) is 0 Å². The van der Waals surface area contributed by atoms with Crippen LogP contribution in [0.1, 0.15) is 46.0 Å². The molecule has 90 valence electrons. The zero-order chi connectivity index (χ0) is 12.7. The van der Waals surface area contributed by atoms with Crippen molar-refractivity contribution < 1.29 is 9.59 Å². The number of fused-ring (bicyclic) bond motifs is 1. The third-order valence-corrected chi connectivity index (χ3v) is 3.67. The first-order valence-corrected chi connectivity index (χ1v) is 6.34. The van der Waals surface area contributed by atoms with Gasteiger partial charge in [-0.25, -0.2) is 0 Å². The smallest absolute Gasteiger partial charge is 0.194 e. The fraction of sp³-hybridized carbons (Fsp3) is 0.250. The second-order valence-electron chi connectivity index (χ2n) is 4.73. The molecule has 2 heteroatoms. The first-order chi connectivity index (χ1) is 8.72. The molecule has 2 aliphatic rings. The standard InChI is InChI=1S/C16H14O2/c1-2-10-7-8-13-14(9-10)16(18)12-6-4-3-5-11(12)15(13)17/h3,5,7-9H,2,4,6H2,1H3. The summed E-state index contributed by atoms with van der Waals surface area (Å²) in [6.45, 7) is 2.05. The van der Waals surface area contributed by atoms with Crippen LogP contribution >= 0.6 is 0 Å². The SMILES string of the molecule is CCc1ccc2c(c1)C(=O)C1=C(C=CCC1)C2=O. The molecule has 0 spiro atoms. The normalized spacial score (nSPS) is 17.8. The van der Waals surface area contributed by atoms with Gasteiger partial charge in [-0.3, -0.25) is 9.59 Å². The second kappa shape index (κ2) is 4.05. The Hall–Kier alpha value is -1.96. The quantitative estimate of drug-likeness (QED) is 0.752. The summed E-state index contributed by atoms with van der Waals surface area (Å²) in [4.78, 5) is 24.8. The number of aryl methyl sites for hydroxylation is 1. The van der Waals surface area contributed by atoms with E-state index in [9.17, 15) is 9.59 Å². The highest BCUT2D eigenvalue weighted by Gasteiger charge is 2.31. The predicted molar refractivity (Wildman–Crippen MR) is 69.9 cm³/mol. The van der Waals surface area contributed by atoms with Gasteiger partial charge in [0.1, 0.15) is 0 Å². The maximum atomic E-state index is 12.4. The Balaban J connectivity index is 2.20. The molecule has 0 fully saturated rings. The van der Waals surface area contributed by atoms with Gasteiger partial charge < -0.3 is 0 Å². The zero-order valence-corrected chi connectivity index (χ0v) is 10.3. The van der Waals surface area contributed by atoms with E-state index in [2.05, 4.69) is 0 Å². The molecule has 0 aromatic heterocycles. The molecule has 3 rings (SSSR count). The molecule has 2 nitrogen and oxygen atoms in total. The lowest BCUT2D eigenvalue weighted by Gasteiger charge is -2.21. The van der Waals surface area contributed by atoms with E-state index in [0.29, 0.717) is 28.7 Å². The topological polar surface area (TPSA) is 34.1 Å². The number of carbonyl (C=O) groups excluding carboxylic acids is 2. The van der Waals surface area contributed by atoms with Crippen molar-refractivity contribution >= 4 is 11.6 Å². The number of benzene rings is 1. The van der Waals surface area contributed by atoms with Gasteiger partial charge in [0.15, 0.2) is 11.6 Å². The molecular formula is C16H14O2. The van der Waals surface area contributed by atoms with Crippen molar-refractivity contribution in [3.8, 4) is 0 Å². The van der Waals surface area contributed by atoms with Gasteiger partial charge in [0, 0.05) is 22.3 Å². The molecule has 0 amide bonds. The summed E-state index contributed by atoms with van der Waals surface area (Å²) in [7, 11) is 0. The number of ketones is 2. The van der Waals surface area contributed by atoms with E-state index in [-0.39, 0.29) is 11.6 Å². The Labute approximate surface area is 106 Å². The number of hydrogen-bond donors (Lipinski definition) is 0. The van der Waals surface area contributed by atoms with E-state index in [4.69, 9.17) is 0 Å². The summed E-state index contributed by atoms with van der Waals surface area (Å²) < 4.78 is 0. The van der Waals surface area contributed by atoms with Crippen molar-refractivity contribution in [1.29, 1.82) is 0 Å². The number of rotatable bonds is 1. The molecule has 2 aliphatic carbocycles. The van der Waals surface area contributed by atoms with Crippen LogP contribution in [0.25, 0.3) is 0 Å². The van der Waals surface area contributed by atoms with Crippen molar-refractivity contribution in [1.82, 2.24) is 0 Å². The van der Waals surface area contributed by atoms with Crippen LogP contribution in [0, 0.1) is 0 Å². The molecule has 0 bridgehead atoms. The molecule has 0 aliphatic heterocycles. The van der Waals surface area contributed by atoms with Crippen molar-refractivity contribution in [2.45, 2.75) is 26.2 Å². The highest BCUT2D eigenvalue weighted by Crippen LogP contribution is 2.32. The summed E-state index contributed by atoms with van der Waals surface area (Å²) in [5.74, 6) is 0.0393. The van der Waals surface area contributed by atoms with Gasteiger partial charge in [0.2, 0.25) is 0 Å². The van der Waals surface area contributed by atoms with E-state index in [1.54, 1.807) is 12.1 Å². The van der Waals surface area contributed by atoms with E-state index in [0.717, 1.165) is 18.4 Å². The molecule has 0 unspecified atom stereocenters. The van der Waals surface area contributed by atoms with Gasteiger partial charge in [-0.1, -0.05) is 31.2 Å². The Morgan fingerprint density at radius 2 is 1.94 bits per heavy atom. The molecule has 18 heavy (non-hydrogen) atoms. The van der Waals surface area contributed by atoms with E-state index in [1.165, 1.54) is 0 Å². The monoisotopic (exact) mass is 238 g/mol. The van der Waals surface area contributed by atoms with Crippen LogP contribution in [0.3, 0.4) is 0 Å². The largest absolute Gasteiger partial charge is 0.289 e. The summed E-state index contributed by atoms with van der Waals surface area (Å²) in [6.07, 6.45) is 6.18. The maximum absolute atomic E-state index is 12.4. The zero-order valence-electron chi connectivity index (χ0n) is 10.3. The van der Waals surface area contributed by atoms with Gasteiger partial charge in [0.25, 0.3) is 0 Å². The lowest BCUT2D eigenvalue weighted by atomic mass is 9.79. The van der Waals surface area contributed by atoms with Crippen LogP contribution in [-0.4, -0.2) is 11.6 Å². The highest BCUT2D eigenvalue weighted by molar-refractivity contribution is 6.28. The summed E-state index contributed by atoms with van der Waals surface area (Å²) >= 11 is 0. The van der Waals surface area contributed by atoms with Crippen molar-refractivity contribution in [3.63, 3.8) is 0 Å². The lowest BCUT2D eigenvalue weighted by Crippen LogP contribution is -2.22. The number of allylic oxidation sites excluding steroid dienone is 4. The molecular weight excluding hydrogens is 224 g/mol. The molecule has 0 saturated heterocycles. The van der Waals surface area contributed by atoms with Crippen LogP contribution < -0.4 is 0 Å². The summed E-state index contributed by atoms with van der Waals surface area (Å²) in [6, 6.07) is 5.60. The molecule has 0 heterocycles. The Morgan fingerprint density at radius 1 is 1.11 bits per heavy atom. The first kappa shape index (κ1) is 11.1. The number of hydrogen-bond acceptors (Lipinski definition) is 2. The number of Topliss-reactive ketones (excluding diaryl/α,β-unsaturated/α-hetero) is 2. The Bertz CT molecular complexity index is 618. The van der Waals surface area contributed by atoms with Crippen LogP contribution in [0.4, 0.5) is 0 Å². The van der Waals surface area contributed by atoms with Crippen LogP contribution in [-0.2, 0) is 6.42 Å². The highest BCUT2D eigenvalue weighted by atomic mass is 16.1. The fourth-order valence-corrected chi connectivity index (χ4v) is 2.62. The third-order valence-electron chi connectivity index (χ3n) is 3.67. The van der Waals surface area contributed by atoms with E-state index in [1.807, 2.05) is 25.1 Å². The first-order valence-electron chi connectivity index (χ1n) is 6.34. The molecule has 0 atom stereocenters. The molecule has 1 aromatic rings. The summed E-state index contributed by atoms with van der Waals surface area (Å²) in [5.41, 5.74) is 3.55. The van der Waals surface area contributed by atoms with Gasteiger partial charge in [-0.15, -0.1) is 0 Å². The second-order valence-corrected chi connectivity index (χ2v) is 4.73. The Morgan fingerprint density at radius 3 is 2.72 bits per heavy atom. The van der Waals surface area contributed by atoms with Crippen molar-refractivity contribution in [2.24, 2.45) is 0 Å². The predicted octanol–water partition coefficient (Wildman–Crippen LogP) is 3.27. The molecule has 0 saturated carbocycles. The van der Waals surface area contributed by atoms with Crippen LogP contribution in [0.15, 0.2) is 41.5 Å². The van der Waals surface area contributed by atoms with Gasteiger partial charge in [-0.05, 0) is 30.9 Å². The lowest BCUT2D eigenvalue weighted by molar-refractivity contribution is 0.0974.